The summed E-state index contributed by atoms with van der Waals surface area (Å²) in [5, 5.41) is 14.6. The SMILES string of the molecule is CN=C(NCCC(=O)Nc1cccc(Cl)c1C)NC1CCc2nc(COC)nn2C1.I. The molecule has 1 aliphatic rings. The van der Waals surface area contributed by atoms with Crippen LogP contribution in [0, 0.1) is 6.92 Å². The second-order valence-electron chi connectivity index (χ2n) is 7.15. The van der Waals surface area contributed by atoms with Gasteiger partial charge in [-0.1, -0.05) is 17.7 Å². The average Bonchev–Trinajstić information content (AvgIpc) is 3.12. The van der Waals surface area contributed by atoms with Gasteiger partial charge in [-0.25, -0.2) is 9.67 Å². The van der Waals surface area contributed by atoms with Crippen LogP contribution in [-0.4, -0.2) is 53.4 Å². The van der Waals surface area contributed by atoms with Crippen LogP contribution < -0.4 is 16.0 Å². The van der Waals surface area contributed by atoms with Crippen molar-refractivity contribution in [3.63, 3.8) is 0 Å². The van der Waals surface area contributed by atoms with Gasteiger partial charge in [-0.2, -0.15) is 5.10 Å². The molecule has 170 valence electrons. The summed E-state index contributed by atoms with van der Waals surface area (Å²) in [5.74, 6) is 2.26. The van der Waals surface area contributed by atoms with E-state index in [4.69, 9.17) is 16.3 Å². The molecule has 0 saturated carbocycles. The normalized spacial score (nSPS) is 15.6. The van der Waals surface area contributed by atoms with Crippen molar-refractivity contribution in [3.8, 4) is 0 Å². The van der Waals surface area contributed by atoms with Crippen LogP contribution >= 0.6 is 35.6 Å². The number of nitrogens with zero attached hydrogens (tertiary/aromatic N) is 4. The number of halogens is 2. The zero-order valence-electron chi connectivity index (χ0n) is 17.9. The molecule has 1 aromatic heterocycles. The summed E-state index contributed by atoms with van der Waals surface area (Å²) >= 11 is 6.10. The lowest BCUT2D eigenvalue weighted by Crippen LogP contribution is -2.47. The van der Waals surface area contributed by atoms with Gasteiger partial charge in [0, 0.05) is 50.3 Å². The first-order valence-corrected chi connectivity index (χ1v) is 10.3. The van der Waals surface area contributed by atoms with E-state index < -0.39 is 0 Å². The number of carbonyl (C=O) groups excluding carboxylic acids is 1. The van der Waals surface area contributed by atoms with Crippen molar-refractivity contribution in [1.29, 1.82) is 0 Å². The number of anilines is 1. The van der Waals surface area contributed by atoms with E-state index in [-0.39, 0.29) is 35.9 Å². The number of guanidine groups is 1. The van der Waals surface area contributed by atoms with E-state index in [1.807, 2.05) is 23.7 Å². The zero-order chi connectivity index (χ0) is 21.5. The molecule has 1 atom stereocenters. The Bertz CT molecular complexity index is 919. The number of carbonyl (C=O) groups is 1. The van der Waals surface area contributed by atoms with Gasteiger partial charge in [-0.05, 0) is 31.0 Å². The predicted octanol–water partition coefficient (Wildman–Crippen LogP) is 2.51. The largest absolute Gasteiger partial charge is 0.377 e. The Kier molecular flexibility index (Phi) is 9.97. The average molecular weight is 562 g/mol. The van der Waals surface area contributed by atoms with Crippen LogP contribution in [0.1, 0.15) is 30.1 Å². The number of aromatic nitrogens is 3. The maximum atomic E-state index is 12.2. The molecule has 0 aliphatic carbocycles. The summed E-state index contributed by atoms with van der Waals surface area (Å²) in [6, 6.07) is 5.64. The molecule has 9 nitrogen and oxygen atoms in total. The quantitative estimate of drug-likeness (QED) is 0.273. The van der Waals surface area contributed by atoms with Crippen LogP contribution in [0.25, 0.3) is 0 Å². The molecule has 0 spiro atoms. The van der Waals surface area contributed by atoms with E-state index in [1.165, 1.54) is 0 Å². The van der Waals surface area contributed by atoms with Gasteiger partial charge < -0.3 is 20.7 Å². The van der Waals surface area contributed by atoms with Gasteiger partial charge in [0.05, 0.1) is 6.54 Å². The van der Waals surface area contributed by atoms with Crippen LogP contribution in [0.3, 0.4) is 0 Å². The molecule has 1 unspecified atom stereocenters. The lowest BCUT2D eigenvalue weighted by molar-refractivity contribution is -0.116. The number of amides is 1. The highest BCUT2D eigenvalue weighted by molar-refractivity contribution is 14.0. The smallest absolute Gasteiger partial charge is 0.226 e. The number of benzene rings is 1. The fourth-order valence-corrected chi connectivity index (χ4v) is 3.48. The van der Waals surface area contributed by atoms with Crippen LogP contribution in [0.4, 0.5) is 5.69 Å². The fourth-order valence-electron chi connectivity index (χ4n) is 3.31. The van der Waals surface area contributed by atoms with Gasteiger partial charge in [0.2, 0.25) is 5.91 Å². The van der Waals surface area contributed by atoms with Crippen molar-refractivity contribution in [3.05, 3.63) is 40.4 Å². The Morgan fingerprint density at radius 1 is 1.42 bits per heavy atom. The highest BCUT2D eigenvalue weighted by atomic mass is 127. The number of methoxy groups -OCH3 is 1. The summed E-state index contributed by atoms with van der Waals surface area (Å²) in [7, 11) is 3.35. The number of aryl methyl sites for hydroxylation is 1. The van der Waals surface area contributed by atoms with Crippen molar-refractivity contribution in [2.24, 2.45) is 4.99 Å². The van der Waals surface area contributed by atoms with Gasteiger partial charge >= 0.3 is 0 Å². The number of fused-ring (bicyclic) bond motifs is 1. The number of rotatable bonds is 7. The maximum absolute atomic E-state index is 12.2. The van der Waals surface area contributed by atoms with Gasteiger partial charge in [-0.15, -0.1) is 24.0 Å². The van der Waals surface area contributed by atoms with Crippen molar-refractivity contribution >= 4 is 53.1 Å². The topological polar surface area (TPSA) is 105 Å². The van der Waals surface area contributed by atoms with Gasteiger partial charge in [0.15, 0.2) is 11.8 Å². The first kappa shape index (κ1) is 25.3. The second kappa shape index (κ2) is 12.2. The first-order valence-electron chi connectivity index (χ1n) is 9.93. The lowest BCUT2D eigenvalue weighted by atomic mass is 10.1. The Morgan fingerprint density at radius 3 is 2.97 bits per heavy atom. The Hall–Kier alpha value is -1.92. The van der Waals surface area contributed by atoms with Gasteiger partial charge in [0.1, 0.15) is 12.4 Å². The van der Waals surface area contributed by atoms with Crippen LogP contribution in [-0.2, 0) is 29.1 Å². The van der Waals surface area contributed by atoms with E-state index in [0.717, 1.165) is 29.9 Å². The molecule has 1 aliphatic heterocycles. The first-order chi connectivity index (χ1) is 14.5. The van der Waals surface area contributed by atoms with Gasteiger partial charge in [-0.3, -0.25) is 9.79 Å². The van der Waals surface area contributed by atoms with Crippen LogP contribution in [0.2, 0.25) is 5.02 Å². The lowest BCUT2D eigenvalue weighted by Gasteiger charge is -2.25. The summed E-state index contributed by atoms with van der Waals surface area (Å²) in [6.45, 7) is 3.47. The number of hydrogen-bond donors (Lipinski definition) is 3. The molecule has 1 amide bonds. The zero-order valence-corrected chi connectivity index (χ0v) is 21.0. The molecule has 1 aromatic carbocycles. The Labute approximate surface area is 204 Å². The number of aliphatic imine (C=N–C) groups is 1. The Morgan fingerprint density at radius 2 is 2.23 bits per heavy atom. The Balaban J connectivity index is 0.00000341. The molecule has 11 heteroatoms. The highest BCUT2D eigenvalue weighted by Gasteiger charge is 2.22. The summed E-state index contributed by atoms with van der Waals surface area (Å²) in [6.07, 6.45) is 2.08. The molecule has 3 rings (SSSR count). The monoisotopic (exact) mass is 561 g/mol. The molecule has 0 saturated heterocycles. The van der Waals surface area contributed by atoms with Gasteiger partial charge in [0.25, 0.3) is 0 Å². The van der Waals surface area contributed by atoms with Crippen LogP contribution in [0.15, 0.2) is 23.2 Å². The minimum Gasteiger partial charge on any atom is -0.377 e. The predicted molar refractivity (Wildman–Crippen MR) is 132 cm³/mol. The molecule has 31 heavy (non-hydrogen) atoms. The number of hydrogen-bond acceptors (Lipinski definition) is 5. The fraction of sp³-hybridized carbons (Fsp3) is 0.500. The maximum Gasteiger partial charge on any atom is 0.226 e. The molecule has 0 radical (unpaired) electrons. The van der Waals surface area contributed by atoms with Crippen LogP contribution in [0.5, 0.6) is 0 Å². The second-order valence-corrected chi connectivity index (χ2v) is 7.56. The third kappa shape index (κ3) is 7.04. The number of nitrogens with one attached hydrogen (secondary N) is 3. The van der Waals surface area contributed by atoms with E-state index in [9.17, 15) is 4.79 Å². The summed E-state index contributed by atoms with van der Waals surface area (Å²) in [5.41, 5.74) is 1.59. The highest BCUT2D eigenvalue weighted by Crippen LogP contribution is 2.22. The van der Waals surface area contributed by atoms with E-state index in [1.54, 1.807) is 20.2 Å². The molecule has 2 heterocycles. The van der Waals surface area contributed by atoms with Crippen molar-refractivity contribution in [1.82, 2.24) is 25.4 Å². The molecule has 2 aromatic rings. The molecule has 0 bridgehead atoms. The van der Waals surface area contributed by atoms with Crippen molar-refractivity contribution < 1.29 is 9.53 Å². The summed E-state index contributed by atoms with van der Waals surface area (Å²) in [4.78, 5) is 21.0. The molecule has 0 fully saturated rings. The molecule has 3 N–H and O–H groups in total. The number of ether oxygens (including phenoxy) is 1. The van der Waals surface area contributed by atoms with E-state index in [2.05, 4.69) is 31.0 Å². The van der Waals surface area contributed by atoms with Crippen molar-refractivity contribution in [2.45, 2.75) is 45.4 Å². The molecular formula is C20H29ClIN7O2. The third-order valence-electron chi connectivity index (χ3n) is 4.93. The van der Waals surface area contributed by atoms with Crippen molar-refractivity contribution in [2.75, 3.05) is 26.0 Å². The minimum atomic E-state index is -0.0843. The van der Waals surface area contributed by atoms with E-state index in [0.29, 0.717) is 42.9 Å². The third-order valence-corrected chi connectivity index (χ3v) is 5.34. The molecular weight excluding hydrogens is 533 g/mol. The standard InChI is InChI=1S/C20H28ClN7O2.HI/c1-13-15(21)5-4-6-16(13)25-19(29)9-10-23-20(22-2)24-14-7-8-18-26-17(12-30-3)27-28(18)11-14;/h4-6,14H,7-12H2,1-3H3,(H,25,29)(H2,22,23,24);1H. The summed E-state index contributed by atoms with van der Waals surface area (Å²) < 4.78 is 7.03. The van der Waals surface area contributed by atoms with E-state index >= 15 is 0 Å². The minimum absolute atomic E-state index is 0.